The van der Waals surface area contributed by atoms with Crippen molar-refractivity contribution in [3.63, 3.8) is 0 Å². The lowest BCUT2D eigenvalue weighted by Gasteiger charge is -2.13. The molecule has 188 valence electrons. The number of nitrogens with one attached hydrogen (secondary N) is 2. The zero-order chi connectivity index (χ0) is 26.2. The van der Waals surface area contributed by atoms with E-state index < -0.39 is 17.3 Å². The minimum atomic E-state index is -4.64. The first kappa shape index (κ1) is 24.9. The number of nitrogens with zero attached hydrogens (tertiary/aromatic N) is 5. The molecule has 0 aliphatic carbocycles. The summed E-state index contributed by atoms with van der Waals surface area (Å²) in [6.07, 6.45) is 0.232. The molecule has 0 aromatic carbocycles. The topological polar surface area (TPSA) is 125 Å². The molecule has 0 saturated carbocycles. The van der Waals surface area contributed by atoms with E-state index in [2.05, 4.69) is 25.6 Å². The van der Waals surface area contributed by atoms with Crippen LogP contribution < -0.4 is 26.7 Å². The Morgan fingerprint density at radius 2 is 1.97 bits per heavy atom. The van der Waals surface area contributed by atoms with Crippen LogP contribution in [0, 0.1) is 0 Å². The maximum absolute atomic E-state index is 13.2. The minimum absolute atomic E-state index is 0.0480. The Morgan fingerprint density at radius 3 is 2.58 bits per heavy atom. The predicted octanol–water partition coefficient (Wildman–Crippen LogP) is 3.86. The van der Waals surface area contributed by atoms with Crippen molar-refractivity contribution in [2.24, 2.45) is 19.8 Å². The van der Waals surface area contributed by atoms with E-state index in [9.17, 15) is 18.0 Å². The van der Waals surface area contributed by atoms with Gasteiger partial charge in [0.2, 0.25) is 5.95 Å². The maximum atomic E-state index is 13.2. The van der Waals surface area contributed by atoms with Crippen molar-refractivity contribution in [3.05, 3.63) is 69.6 Å². The van der Waals surface area contributed by atoms with Crippen molar-refractivity contribution in [3.8, 4) is 5.75 Å². The first-order valence-corrected chi connectivity index (χ1v) is 10.7. The van der Waals surface area contributed by atoms with Crippen LogP contribution in [-0.2, 0) is 20.3 Å². The number of fused-ring (bicyclic) bond motifs is 1. The molecule has 10 nitrogen and oxygen atoms in total. The van der Waals surface area contributed by atoms with Gasteiger partial charge in [-0.1, -0.05) is 11.6 Å². The molecular weight excluding hydrogens is 501 g/mol. The van der Waals surface area contributed by atoms with Gasteiger partial charge < -0.3 is 30.2 Å². The molecule has 0 fully saturated rings. The van der Waals surface area contributed by atoms with E-state index in [4.69, 9.17) is 22.1 Å². The van der Waals surface area contributed by atoms with Crippen molar-refractivity contribution in [1.82, 2.24) is 24.1 Å². The van der Waals surface area contributed by atoms with Crippen molar-refractivity contribution < 1.29 is 17.9 Å². The van der Waals surface area contributed by atoms with Gasteiger partial charge in [0.1, 0.15) is 21.9 Å². The lowest BCUT2D eigenvalue weighted by Crippen LogP contribution is -2.23. The van der Waals surface area contributed by atoms with Gasteiger partial charge in [-0.15, -0.1) is 0 Å². The molecule has 4 heterocycles. The van der Waals surface area contributed by atoms with Crippen molar-refractivity contribution in [1.29, 1.82) is 0 Å². The van der Waals surface area contributed by atoms with E-state index in [1.165, 1.54) is 24.0 Å². The maximum Gasteiger partial charge on any atom is 0.417 e. The van der Waals surface area contributed by atoms with Crippen molar-refractivity contribution in [2.45, 2.75) is 6.18 Å². The molecule has 0 aliphatic rings. The number of hydrogen-bond donors (Lipinski definition) is 3. The lowest BCUT2D eigenvalue weighted by molar-refractivity contribution is -0.138. The molecule has 0 saturated heterocycles. The van der Waals surface area contributed by atoms with Gasteiger partial charge in [0.05, 0.1) is 23.6 Å². The smallest absolute Gasteiger partial charge is 0.417 e. The van der Waals surface area contributed by atoms with Gasteiger partial charge in [-0.3, -0.25) is 9.78 Å². The summed E-state index contributed by atoms with van der Waals surface area (Å²) < 4.78 is 47.8. The van der Waals surface area contributed by atoms with Crippen LogP contribution >= 0.6 is 11.6 Å². The molecule has 14 heteroatoms. The molecule has 0 aliphatic heterocycles. The zero-order valence-electron chi connectivity index (χ0n) is 19.2. The summed E-state index contributed by atoms with van der Waals surface area (Å²) in [6, 6.07) is 4.21. The van der Waals surface area contributed by atoms with Crippen molar-refractivity contribution in [2.75, 3.05) is 17.7 Å². The molecule has 0 atom stereocenters. The average molecular weight is 521 g/mol. The number of anilines is 3. The fraction of sp³-hybridized carbons (Fsp3) is 0.182. The molecule has 0 unspecified atom stereocenters. The molecule has 4 aromatic rings. The van der Waals surface area contributed by atoms with Crippen LogP contribution in [-0.4, -0.2) is 31.1 Å². The Bertz CT molecular complexity index is 1530. The van der Waals surface area contributed by atoms with Gasteiger partial charge in [-0.05, 0) is 18.2 Å². The number of aryl methyl sites for hydroxylation is 2. The Hall–Kier alpha value is -4.26. The first-order chi connectivity index (χ1) is 17.0. The molecule has 0 amide bonds. The van der Waals surface area contributed by atoms with Crippen molar-refractivity contribution >= 4 is 45.8 Å². The Morgan fingerprint density at radius 1 is 1.22 bits per heavy atom. The molecule has 36 heavy (non-hydrogen) atoms. The lowest BCUT2D eigenvalue weighted by atomic mass is 10.2. The number of halogens is 4. The standard InChI is InChI=1S/C22H20ClF3N8O2/c1-28-12-4-5-13(29-8-12)15(7-27)36-16-9-30-19-18(17(16)23)34(3)21(32-19)31-14-6-11(22(24,25)26)10-33(2)20(14)35/h4-10,28H,27H2,1-3H3,(H,30,31,32)/b15-7+. The highest BCUT2D eigenvalue weighted by Gasteiger charge is 2.32. The third-order valence-electron chi connectivity index (χ3n) is 5.24. The van der Waals surface area contributed by atoms with E-state index in [1.807, 2.05) is 0 Å². The summed E-state index contributed by atoms with van der Waals surface area (Å²) in [5, 5.41) is 5.72. The van der Waals surface area contributed by atoms with Crippen LogP contribution in [0.15, 0.2) is 47.8 Å². The second-order valence-corrected chi connectivity index (χ2v) is 7.98. The molecule has 4 N–H and O–H groups in total. The van der Waals surface area contributed by atoms with E-state index in [0.717, 1.165) is 16.3 Å². The van der Waals surface area contributed by atoms with Gasteiger partial charge in [-0.25, -0.2) is 4.98 Å². The summed E-state index contributed by atoms with van der Waals surface area (Å²) in [5.74, 6) is 0.408. The number of ether oxygens (including phenoxy) is 1. The third kappa shape index (κ3) is 4.64. The van der Waals surface area contributed by atoms with Crippen LogP contribution in [0.3, 0.4) is 0 Å². The highest BCUT2D eigenvalue weighted by molar-refractivity contribution is 6.36. The minimum Gasteiger partial charge on any atom is -0.450 e. The van der Waals surface area contributed by atoms with E-state index >= 15 is 0 Å². The predicted molar refractivity (Wildman–Crippen MR) is 130 cm³/mol. The highest BCUT2D eigenvalue weighted by atomic mass is 35.5. The Labute approximate surface area is 207 Å². The average Bonchev–Trinajstić information content (AvgIpc) is 3.16. The molecule has 4 rings (SSSR count). The first-order valence-electron chi connectivity index (χ1n) is 10.3. The molecule has 4 aromatic heterocycles. The SMILES string of the molecule is CNc1ccc(/C(=C\N)Oc2cnc3nc(Nc4cc(C(F)(F)F)cn(C)c4=O)n(C)c3c2Cl)nc1. The Balaban J connectivity index is 1.70. The fourth-order valence-electron chi connectivity index (χ4n) is 3.35. The third-order valence-corrected chi connectivity index (χ3v) is 5.60. The molecule has 0 radical (unpaired) electrons. The van der Waals surface area contributed by atoms with Gasteiger partial charge in [0.15, 0.2) is 17.2 Å². The number of nitrogens with two attached hydrogens (primary N) is 1. The Kier molecular flexibility index (Phi) is 6.50. The number of imidazole rings is 1. The van der Waals surface area contributed by atoms with Crippen LogP contribution in [0.25, 0.3) is 16.9 Å². The largest absolute Gasteiger partial charge is 0.450 e. The zero-order valence-corrected chi connectivity index (χ0v) is 19.9. The number of alkyl halides is 3. The second-order valence-electron chi connectivity index (χ2n) is 7.60. The van der Waals surface area contributed by atoms with Gasteiger partial charge in [-0.2, -0.15) is 18.2 Å². The van der Waals surface area contributed by atoms with E-state index in [1.54, 1.807) is 32.4 Å². The van der Waals surface area contributed by atoms with Gasteiger partial charge in [0.25, 0.3) is 5.56 Å². The van der Waals surface area contributed by atoms with Crippen LogP contribution in [0.2, 0.25) is 5.02 Å². The molecule has 0 bridgehead atoms. The number of pyridine rings is 3. The molecule has 0 spiro atoms. The van der Waals surface area contributed by atoms with Crippen LogP contribution in [0.5, 0.6) is 5.75 Å². The summed E-state index contributed by atoms with van der Waals surface area (Å²) in [5.41, 5.74) is 5.48. The summed E-state index contributed by atoms with van der Waals surface area (Å²) >= 11 is 6.57. The van der Waals surface area contributed by atoms with E-state index in [0.29, 0.717) is 17.4 Å². The quantitative estimate of drug-likeness (QED) is 0.327. The molecular formula is C22H20ClF3N8O2. The number of hydrogen-bond acceptors (Lipinski definition) is 8. The monoisotopic (exact) mass is 520 g/mol. The summed E-state index contributed by atoms with van der Waals surface area (Å²) in [7, 11) is 4.55. The van der Waals surface area contributed by atoms with Crippen LogP contribution in [0.4, 0.5) is 30.5 Å². The number of rotatable bonds is 6. The highest BCUT2D eigenvalue weighted by Crippen LogP contribution is 2.35. The normalized spacial score (nSPS) is 12.1. The second kappa shape index (κ2) is 9.41. The fourth-order valence-corrected chi connectivity index (χ4v) is 3.65. The summed E-state index contributed by atoms with van der Waals surface area (Å²) in [4.78, 5) is 25.2. The summed E-state index contributed by atoms with van der Waals surface area (Å²) in [6.45, 7) is 0. The van der Waals surface area contributed by atoms with E-state index in [-0.39, 0.29) is 33.8 Å². The van der Waals surface area contributed by atoms with Gasteiger partial charge >= 0.3 is 6.18 Å². The van der Waals surface area contributed by atoms with Crippen LogP contribution in [0.1, 0.15) is 11.3 Å². The van der Waals surface area contributed by atoms with Gasteiger partial charge in [0, 0.05) is 33.5 Å². The number of aromatic nitrogens is 5.